The lowest BCUT2D eigenvalue weighted by Crippen LogP contribution is -2.31. The van der Waals surface area contributed by atoms with E-state index in [1.165, 1.54) is 0 Å². The Hall–Kier alpha value is -1.11. The number of nitrogens with one attached hydrogen (secondary N) is 1. The van der Waals surface area contributed by atoms with Gasteiger partial charge in [0.05, 0.1) is 5.75 Å². The molecule has 0 aliphatic rings. The number of sulfonamides is 1. The molecule has 0 heterocycles. The summed E-state index contributed by atoms with van der Waals surface area (Å²) in [5.74, 6) is -0.399. The summed E-state index contributed by atoms with van der Waals surface area (Å²) in [7, 11) is -3.57. The predicted molar refractivity (Wildman–Crippen MR) is 75.8 cm³/mol. The predicted octanol–water partition coefficient (Wildman–Crippen LogP) is 1.48. The fourth-order valence-electron chi connectivity index (χ4n) is 1.55. The van der Waals surface area contributed by atoms with E-state index >= 15 is 0 Å². The van der Waals surface area contributed by atoms with E-state index in [9.17, 15) is 13.2 Å². The van der Waals surface area contributed by atoms with Crippen molar-refractivity contribution in [1.82, 2.24) is 5.32 Å². The third-order valence-electron chi connectivity index (χ3n) is 2.56. The number of halogens is 1. The molecule has 19 heavy (non-hydrogen) atoms. The Morgan fingerprint density at radius 1 is 1.42 bits per heavy atom. The monoisotopic (exact) mass is 304 g/mol. The molecule has 0 aliphatic heterocycles. The maximum atomic E-state index is 11.8. The van der Waals surface area contributed by atoms with Gasteiger partial charge in [0, 0.05) is 17.1 Å². The molecule has 1 aromatic carbocycles. The molecule has 0 bridgehead atoms. The van der Waals surface area contributed by atoms with Crippen LogP contribution in [-0.2, 0) is 10.0 Å². The molecule has 0 aromatic heterocycles. The lowest BCUT2D eigenvalue weighted by molar-refractivity contribution is 0.0956. The van der Waals surface area contributed by atoms with Gasteiger partial charge in [-0.3, -0.25) is 4.79 Å². The summed E-state index contributed by atoms with van der Waals surface area (Å²) in [5, 5.41) is 7.83. The number of carbonyl (C=O) groups is 1. The maximum Gasteiger partial charge on any atom is 0.251 e. The lowest BCUT2D eigenvalue weighted by atomic mass is 10.0. The first-order chi connectivity index (χ1) is 8.70. The molecule has 0 saturated carbocycles. The molecule has 0 fully saturated rings. The van der Waals surface area contributed by atoms with Gasteiger partial charge in [0.25, 0.3) is 5.91 Å². The van der Waals surface area contributed by atoms with E-state index in [2.05, 4.69) is 5.32 Å². The van der Waals surface area contributed by atoms with Gasteiger partial charge in [0.1, 0.15) is 0 Å². The molecule has 5 nitrogen and oxygen atoms in total. The molecular weight excluding hydrogens is 288 g/mol. The SMILES string of the molecule is CC(C)c1ccc(C(=O)NCCS(N)(=O)=O)cc1Cl. The summed E-state index contributed by atoms with van der Waals surface area (Å²) >= 11 is 6.08. The van der Waals surface area contributed by atoms with Crippen molar-refractivity contribution in [2.75, 3.05) is 12.3 Å². The zero-order chi connectivity index (χ0) is 14.6. The van der Waals surface area contributed by atoms with Crippen LogP contribution >= 0.6 is 11.6 Å². The van der Waals surface area contributed by atoms with Crippen molar-refractivity contribution in [3.8, 4) is 0 Å². The van der Waals surface area contributed by atoms with E-state index in [1.54, 1.807) is 18.2 Å². The first-order valence-electron chi connectivity index (χ1n) is 5.79. The first-order valence-corrected chi connectivity index (χ1v) is 7.88. The van der Waals surface area contributed by atoms with Crippen molar-refractivity contribution >= 4 is 27.5 Å². The van der Waals surface area contributed by atoms with Crippen LogP contribution in [0.4, 0.5) is 0 Å². The van der Waals surface area contributed by atoms with Gasteiger partial charge in [0.15, 0.2) is 0 Å². The smallest absolute Gasteiger partial charge is 0.251 e. The molecule has 3 N–H and O–H groups in total. The van der Waals surface area contributed by atoms with Crippen molar-refractivity contribution in [2.24, 2.45) is 5.14 Å². The van der Waals surface area contributed by atoms with E-state index in [0.29, 0.717) is 10.6 Å². The Morgan fingerprint density at radius 3 is 2.53 bits per heavy atom. The molecule has 0 radical (unpaired) electrons. The van der Waals surface area contributed by atoms with Crippen LogP contribution < -0.4 is 10.5 Å². The van der Waals surface area contributed by atoms with Crippen LogP contribution in [-0.4, -0.2) is 26.6 Å². The first kappa shape index (κ1) is 15.9. The van der Waals surface area contributed by atoms with Crippen LogP contribution in [0.2, 0.25) is 5.02 Å². The highest BCUT2D eigenvalue weighted by Crippen LogP contribution is 2.25. The second kappa shape index (κ2) is 6.36. The molecule has 0 atom stereocenters. The minimum absolute atomic E-state index is 0.0266. The van der Waals surface area contributed by atoms with Crippen LogP contribution in [0.1, 0.15) is 35.7 Å². The molecule has 0 spiro atoms. The fraction of sp³-hybridized carbons (Fsp3) is 0.417. The van der Waals surface area contributed by atoms with Crippen molar-refractivity contribution in [1.29, 1.82) is 0 Å². The Balaban J connectivity index is 2.71. The fourth-order valence-corrected chi connectivity index (χ4v) is 2.33. The normalized spacial score (nSPS) is 11.6. The Bertz CT molecular complexity index is 570. The van der Waals surface area contributed by atoms with Crippen LogP contribution in [0.5, 0.6) is 0 Å². The Morgan fingerprint density at radius 2 is 2.05 bits per heavy atom. The Kier molecular flexibility index (Phi) is 5.34. The van der Waals surface area contributed by atoms with Crippen LogP contribution in [0.3, 0.4) is 0 Å². The highest BCUT2D eigenvalue weighted by molar-refractivity contribution is 7.89. The highest BCUT2D eigenvalue weighted by Gasteiger charge is 2.11. The third-order valence-corrected chi connectivity index (χ3v) is 3.66. The summed E-state index contributed by atoms with van der Waals surface area (Å²) in [6.45, 7) is 3.99. The lowest BCUT2D eigenvalue weighted by Gasteiger charge is -2.10. The number of carbonyl (C=O) groups excluding carboxylic acids is 1. The van der Waals surface area contributed by atoms with Crippen LogP contribution in [0.25, 0.3) is 0 Å². The molecule has 0 aliphatic carbocycles. The summed E-state index contributed by atoms with van der Waals surface area (Å²) in [6.07, 6.45) is 0. The molecular formula is C12H17ClN2O3S. The summed E-state index contributed by atoms with van der Waals surface area (Å²) in [6, 6.07) is 5.03. The number of hydrogen-bond donors (Lipinski definition) is 2. The van der Waals surface area contributed by atoms with E-state index in [1.807, 2.05) is 13.8 Å². The van der Waals surface area contributed by atoms with Crippen molar-refractivity contribution < 1.29 is 13.2 Å². The average molecular weight is 305 g/mol. The van der Waals surface area contributed by atoms with Crippen molar-refractivity contribution in [3.05, 3.63) is 34.3 Å². The van der Waals surface area contributed by atoms with Gasteiger partial charge in [-0.15, -0.1) is 0 Å². The molecule has 7 heteroatoms. The van der Waals surface area contributed by atoms with Gasteiger partial charge in [0.2, 0.25) is 10.0 Å². The highest BCUT2D eigenvalue weighted by atomic mass is 35.5. The second-order valence-electron chi connectivity index (χ2n) is 4.51. The molecule has 1 rings (SSSR count). The van der Waals surface area contributed by atoms with Crippen LogP contribution in [0.15, 0.2) is 18.2 Å². The molecule has 106 valence electrons. The molecule has 1 amide bonds. The van der Waals surface area contributed by atoms with E-state index in [-0.39, 0.29) is 24.1 Å². The van der Waals surface area contributed by atoms with Gasteiger partial charge >= 0.3 is 0 Å². The topological polar surface area (TPSA) is 89.3 Å². The molecule has 0 saturated heterocycles. The average Bonchev–Trinajstić information content (AvgIpc) is 2.26. The summed E-state index contributed by atoms with van der Waals surface area (Å²) in [4.78, 5) is 11.8. The van der Waals surface area contributed by atoms with Crippen LogP contribution in [0, 0.1) is 0 Å². The van der Waals surface area contributed by atoms with E-state index in [4.69, 9.17) is 16.7 Å². The number of primary sulfonamides is 1. The van der Waals surface area contributed by atoms with E-state index in [0.717, 1.165) is 5.56 Å². The van der Waals surface area contributed by atoms with Gasteiger partial charge in [-0.25, -0.2) is 13.6 Å². The van der Waals surface area contributed by atoms with Crippen molar-refractivity contribution in [2.45, 2.75) is 19.8 Å². The number of hydrogen-bond acceptors (Lipinski definition) is 3. The van der Waals surface area contributed by atoms with Gasteiger partial charge in [-0.05, 0) is 23.6 Å². The molecule has 1 aromatic rings. The second-order valence-corrected chi connectivity index (χ2v) is 6.66. The van der Waals surface area contributed by atoms with E-state index < -0.39 is 10.0 Å². The third kappa shape index (κ3) is 5.18. The summed E-state index contributed by atoms with van der Waals surface area (Å²) in [5.41, 5.74) is 1.35. The molecule has 0 unspecified atom stereocenters. The summed E-state index contributed by atoms with van der Waals surface area (Å²) < 4.78 is 21.5. The minimum atomic E-state index is -3.57. The standard InChI is InChI=1S/C12H17ClN2O3S/c1-8(2)10-4-3-9(7-11(10)13)12(16)15-5-6-19(14,17)18/h3-4,7-8H,5-6H2,1-2H3,(H,15,16)(H2,14,17,18). The Labute approximate surface area is 118 Å². The number of amides is 1. The number of nitrogens with two attached hydrogens (primary N) is 1. The van der Waals surface area contributed by atoms with Gasteiger partial charge in [-0.1, -0.05) is 31.5 Å². The number of benzene rings is 1. The van der Waals surface area contributed by atoms with Crippen molar-refractivity contribution in [3.63, 3.8) is 0 Å². The zero-order valence-electron chi connectivity index (χ0n) is 10.8. The maximum absolute atomic E-state index is 11.8. The van der Waals surface area contributed by atoms with Gasteiger partial charge in [-0.2, -0.15) is 0 Å². The van der Waals surface area contributed by atoms with Gasteiger partial charge < -0.3 is 5.32 Å². The number of rotatable bonds is 5. The quantitative estimate of drug-likeness (QED) is 0.863. The largest absolute Gasteiger partial charge is 0.351 e. The minimum Gasteiger partial charge on any atom is -0.351 e. The zero-order valence-corrected chi connectivity index (χ0v) is 12.4.